The number of rotatable bonds is 5. The zero-order valence-corrected chi connectivity index (χ0v) is 15.3. The summed E-state index contributed by atoms with van der Waals surface area (Å²) in [6.45, 7) is 8.73. The maximum Gasteiger partial charge on any atom is 0.344 e. The molecule has 1 rings (SSSR count). The van der Waals surface area contributed by atoms with Gasteiger partial charge in [0.25, 0.3) is 5.66 Å². The highest BCUT2D eigenvalue weighted by Crippen LogP contribution is 2.41. The molecule has 126 valence electrons. The third-order valence-electron chi connectivity index (χ3n) is 2.34. The molecule has 3 nitrogen and oxygen atoms in total. The van der Waals surface area contributed by atoms with Gasteiger partial charge in [-0.2, -0.15) is 8.78 Å². The summed E-state index contributed by atoms with van der Waals surface area (Å²) >= 11 is 5.80. The molecule has 22 heavy (non-hydrogen) atoms. The number of hydrogen-bond donors (Lipinski definition) is 0. The molecule has 0 saturated heterocycles. The lowest BCUT2D eigenvalue weighted by Gasteiger charge is -2.16. The van der Waals surface area contributed by atoms with Crippen LogP contribution >= 0.6 is 20.8 Å². The van der Waals surface area contributed by atoms with Crippen LogP contribution in [0.15, 0.2) is 12.1 Å². The number of hydrogen-bond acceptors (Lipinski definition) is 3. The highest BCUT2D eigenvalue weighted by Gasteiger charge is 2.28. The van der Waals surface area contributed by atoms with Crippen LogP contribution in [0.5, 0.6) is 5.75 Å². The van der Waals surface area contributed by atoms with Gasteiger partial charge >= 0.3 is 5.97 Å². The number of ether oxygens (including phenoxy) is 2. The molecule has 1 unspecified atom stereocenters. The summed E-state index contributed by atoms with van der Waals surface area (Å²) in [4.78, 5) is 11.3. The fraction of sp³-hybridized carbons (Fsp3) is 0.533. The van der Waals surface area contributed by atoms with Crippen molar-refractivity contribution >= 4 is 26.8 Å². The van der Waals surface area contributed by atoms with E-state index in [0.29, 0.717) is 5.56 Å². The Morgan fingerprint density at radius 3 is 2.36 bits per heavy atom. The first-order chi connectivity index (χ1) is 10.1. The summed E-state index contributed by atoms with van der Waals surface area (Å²) in [7, 11) is 1.43. The third-order valence-corrected chi connectivity index (χ3v) is 2.96. The molecular formula is C15H22ClF2O3P. The van der Waals surface area contributed by atoms with Crippen LogP contribution in [0.25, 0.3) is 0 Å². The first kappa shape index (κ1) is 21.1. The largest absolute Gasteiger partial charge is 0.482 e. The predicted molar refractivity (Wildman–Crippen MR) is 87.9 cm³/mol. The van der Waals surface area contributed by atoms with Gasteiger partial charge in [-0.05, 0) is 38.5 Å². The van der Waals surface area contributed by atoms with E-state index in [9.17, 15) is 13.6 Å². The molecular weight excluding hydrogens is 333 g/mol. The molecule has 0 heterocycles. The Morgan fingerprint density at radius 2 is 1.91 bits per heavy atom. The maximum absolute atomic E-state index is 13.2. The zero-order chi connectivity index (χ0) is 17.5. The SMILES string of the molecule is CC.Cc1cc(C(F)(F)P)c(Cl)cc1OCC(=O)OC(C)C. The quantitative estimate of drug-likeness (QED) is 0.555. The maximum atomic E-state index is 13.2. The Kier molecular flexibility index (Phi) is 8.87. The molecule has 0 radical (unpaired) electrons. The summed E-state index contributed by atoms with van der Waals surface area (Å²) in [5, 5.41) is -0.122. The molecule has 1 aromatic rings. The molecule has 0 aliphatic heterocycles. The first-order valence-electron chi connectivity index (χ1n) is 6.91. The van der Waals surface area contributed by atoms with Crippen LogP contribution in [0, 0.1) is 6.92 Å². The van der Waals surface area contributed by atoms with Crippen LogP contribution in [-0.4, -0.2) is 18.7 Å². The van der Waals surface area contributed by atoms with Gasteiger partial charge in [-0.1, -0.05) is 34.7 Å². The highest BCUT2D eigenvalue weighted by molar-refractivity contribution is 7.17. The van der Waals surface area contributed by atoms with Gasteiger partial charge in [-0.3, -0.25) is 0 Å². The van der Waals surface area contributed by atoms with Crippen molar-refractivity contribution in [2.24, 2.45) is 0 Å². The lowest BCUT2D eigenvalue weighted by atomic mass is 10.1. The zero-order valence-electron chi connectivity index (χ0n) is 13.4. The Labute approximate surface area is 137 Å². The van der Waals surface area contributed by atoms with E-state index in [0.717, 1.165) is 0 Å². The first-order valence-corrected chi connectivity index (χ1v) is 7.86. The van der Waals surface area contributed by atoms with Gasteiger partial charge in [0, 0.05) is 5.56 Å². The second-order valence-electron chi connectivity index (χ2n) is 4.55. The summed E-state index contributed by atoms with van der Waals surface area (Å²) in [5.74, 6) is -0.260. The van der Waals surface area contributed by atoms with E-state index in [1.807, 2.05) is 13.8 Å². The molecule has 0 amide bonds. The smallest absolute Gasteiger partial charge is 0.344 e. The fourth-order valence-electron chi connectivity index (χ4n) is 1.51. The van der Waals surface area contributed by atoms with Crippen LogP contribution in [0.2, 0.25) is 5.02 Å². The molecule has 0 N–H and O–H groups in total. The molecule has 1 atom stereocenters. The summed E-state index contributed by atoms with van der Waals surface area (Å²) in [5.41, 5.74) is -2.96. The van der Waals surface area contributed by atoms with Crippen molar-refractivity contribution in [2.75, 3.05) is 6.61 Å². The number of halogens is 3. The van der Waals surface area contributed by atoms with Crippen molar-refractivity contribution in [1.82, 2.24) is 0 Å². The van der Waals surface area contributed by atoms with Crippen molar-refractivity contribution in [2.45, 2.75) is 46.4 Å². The van der Waals surface area contributed by atoms with Gasteiger partial charge in [0.1, 0.15) is 5.75 Å². The van der Waals surface area contributed by atoms with E-state index < -0.39 is 11.6 Å². The Hall–Kier alpha value is -0.930. The lowest BCUT2D eigenvalue weighted by Crippen LogP contribution is -2.19. The van der Waals surface area contributed by atoms with Gasteiger partial charge in [0.05, 0.1) is 11.1 Å². The Bertz CT molecular complexity index is 502. The number of carbonyl (C=O) groups is 1. The predicted octanol–water partition coefficient (Wildman–Crippen LogP) is 4.93. The van der Waals surface area contributed by atoms with Crippen molar-refractivity contribution in [3.05, 3.63) is 28.3 Å². The van der Waals surface area contributed by atoms with Gasteiger partial charge in [0.15, 0.2) is 6.61 Å². The molecule has 0 aliphatic rings. The van der Waals surface area contributed by atoms with Gasteiger partial charge < -0.3 is 9.47 Å². The Balaban J connectivity index is 0.00000211. The van der Waals surface area contributed by atoms with E-state index in [2.05, 4.69) is 0 Å². The fourth-order valence-corrected chi connectivity index (χ4v) is 2.12. The minimum atomic E-state index is -3.11. The third kappa shape index (κ3) is 6.89. The van der Waals surface area contributed by atoms with Crippen molar-refractivity contribution in [3.8, 4) is 5.75 Å². The lowest BCUT2D eigenvalue weighted by molar-refractivity contribution is -0.149. The normalized spacial score (nSPS) is 10.8. The second kappa shape index (κ2) is 9.26. The van der Waals surface area contributed by atoms with Crippen molar-refractivity contribution < 1.29 is 23.0 Å². The molecule has 0 saturated carbocycles. The van der Waals surface area contributed by atoms with Crippen LogP contribution in [0.3, 0.4) is 0 Å². The van der Waals surface area contributed by atoms with Crippen LogP contribution < -0.4 is 4.74 Å². The molecule has 1 aromatic carbocycles. The molecule has 0 fully saturated rings. The summed E-state index contributed by atoms with van der Waals surface area (Å²) < 4.78 is 36.6. The van der Waals surface area contributed by atoms with Crippen LogP contribution in [0.1, 0.15) is 38.8 Å². The minimum absolute atomic E-state index is 0.122. The highest BCUT2D eigenvalue weighted by atomic mass is 35.5. The monoisotopic (exact) mass is 354 g/mol. The van der Waals surface area contributed by atoms with E-state index >= 15 is 0 Å². The number of aryl methyl sites for hydroxylation is 1. The second-order valence-corrected chi connectivity index (χ2v) is 5.68. The van der Waals surface area contributed by atoms with E-state index in [1.54, 1.807) is 20.8 Å². The van der Waals surface area contributed by atoms with Gasteiger partial charge in [-0.15, -0.1) is 0 Å². The van der Waals surface area contributed by atoms with E-state index in [4.69, 9.17) is 21.1 Å². The number of benzene rings is 1. The number of alkyl halides is 2. The van der Waals surface area contributed by atoms with E-state index in [-0.39, 0.29) is 29.0 Å². The number of carbonyl (C=O) groups excluding carboxylic acids is 1. The van der Waals surface area contributed by atoms with Crippen molar-refractivity contribution in [3.63, 3.8) is 0 Å². The molecule has 0 bridgehead atoms. The topological polar surface area (TPSA) is 35.5 Å². The van der Waals surface area contributed by atoms with Crippen molar-refractivity contribution in [1.29, 1.82) is 0 Å². The summed E-state index contributed by atoms with van der Waals surface area (Å²) in [6.07, 6.45) is -0.242. The van der Waals surface area contributed by atoms with Crippen LogP contribution in [0.4, 0.5) is 8.78 Å². The summed E-state index contributed by atoms with van der Waals surface area (Å²) in [6, 6.07) is 2.51. The van der Waals surface area contributed by atoms with E-state index in [1.165, 1.54) is 21.4 Å². The molecule has 0 spiro atoms. The van der Waals surface area contributed by atoms with Gasteiger partial charge in [0.2, 0.25) is 0 Å². The van der Waals surface area contributed by atoms with Gasteiger partial charge in [-0.25, -0.2) is 4.79 Å². The molecule has 7 heteroatoms. The Morgan fingerprint density at radius 1 is 1.36 bits per heavy atom. The standard InChI is InChI=1S/C13H16ClF2O3P.C2H6/c1-7(2)19-12(17)6-18-11-5-10(14)9(4-8(11)3)13(15,16)20;1-2/h4-5,7H,6,20H2,1-3H3;1-2H3. The minimum Gasteiger partial charge on any atom is -0.482 e. The van der Waals surface area contributed by atoms with Crippen LogP contribution in [-0.2, 0) is 15.2 Å². The average molecular weight is 355 g/mol. The molecule has 0 aliphatic carbocycles. The number of esters is 1. The average Bonchev–Trinajstić information content (AvgIpc) is 2.39. The molecule has 0 aromatic heterocycles.